The number of likely N-dealkylation sites (N-methyl/N-ethyl adjacent to an activating group) is 1. The average molecular weight is 473 g/mol. The normalized spacial score (nSPS) is 11.3. The Labute approximate surface area is 172 Å². The number of thiazole rings is 1. The van der Waals surface area contributed by atoms with Gasteiger partial charge in [0.05, 0.1) is 6.54 Å². The van der Waals surface area contributed by atoms with Crippen molar-refractivity contribution < 1.29 is 0 Å². The van der Waals surface area contributed by atoms with Crippen molar-refractivity contribution in [3.63, 3.8) is 0 Å². The van der Waals surface area contributed by atoms with E-state index in [1.807, 2.05) is 12.3 Å². The summed E-state index contributed by atoms with van der Waals surface area (Å²) in [6.45, 7) is 8.37. The Bertz CT molecular complexity index is 629. The Kier molecular flexibility index (Phi) is 10.7. The molecule has 2 rings (SSSR count). The van der Waals surface area contributed by atoms with Crippen LogP contribution in [0.4, 0.5) is 0 Å². The second kappa shape index (κ2) is 12.2. The third-order valence-corrected chi connectivity index (χ3v) is 4.36. The fraction of sp³-hybridized carbons (Fsp3) is 0.444. The molecule has 138 valence electrons. The summed E-state index contributed by atoms with van der Waals surface area (Å²) in [5.41, 5.74) is 1.33. The van der Waals surface area contributed by atoms with Crippen LogP contribution in [-0.4, -0.2) is 42.5 Å². The van der Waals surface area contributed by atoms with Gasteiger partial charge in [0.1, 0.15) is 5.01 Å². The number of halogens is 1. The van der Waals surface area contributed by atoms with Gasteiger partial charge in [-0.1, -0.05) is 30.3 Å². The molecule has 2 aromatic rings. The van der Waals surface area contributed by atoms with E-state index in [-0.39, 0.29) is 24.0 Å². The average Bonchev–Trinajstić information content (AvgIpc) is 2.99. The minimum atomic E-state index is 0. The number of benzene rings is 1. The first kappa shape index (κ1) is 21.9. The summed E-state index contributed by atoms with van der Waals surface area (Å²) in [5.74, 6) is 0.846. The first-order valence-corrected chi connectivity index (χ1v) is 9.15. The second-order valence-corrected chi connectivity index (χ2v) is 7.03. The molecule has 0 aliphatic carbocycles. The van der Waals surface area contributed by atoms with Gasteiger partial charge >= 0.3 is 0 Å². The zero-order chi connectivity index (χ0) is 17.2. The van der Waals surface area contributed by atoms with Crippen molar-refractivity contribution in [1.29, 1.82) is 0 Å². The van der Waals surface area contributed by atoms with Crippen LogP contribution in [0.15, 0.2) is 41.5 Å². The van der Waals surface area contributed by atoms with E-state index in [4.69, 9.17) is 0 Å². The predicted molar refractivity (Wildman–Crippen MR) is 118 cm³/mol. The smallest absolute Gasteiger partial charge is 0.191 e. The zero-order valence-electron chi connectivity index (χ0n) is 15.2. The number of guanidine groups is 1. The summed E-state index contributed by atoms with van der Waals surface area (Å²) < 4.78 is 0. The standard InChI is InChI=1S/C18H27N5S.HI/c1-4-19-18(22-13-17-21-12-15(2)24-17)20-10-11-23(3)14-16-8-6-5-7-9-16;/h5-9,12H,4,10-11,13-14H2,1-3H3,(H2,19,20,22);1H. The molecule has 0 saturated heterocycles. The number of hydrogen-bond donors (Lipinski definition) is 2. The van der Waals surface area contributed by atoms with Crippen molar-refractivity contribution in [1.82, 2.24) is 20.5 Å². The molecule has 0 radical (unpaired) electrons. The van der Waals surface area contributed by atoms with E-state index in [1.54, 1.807) is 11.3 Å². The van der Waals surface area contributed by atoms with Crippen LogP contribution in [0.1, 0.15) is 22.4 Å². The highest BCUT2D eigenvalue weighted by molar-refractivity contribution is 14.0. The van der Waals surface area contributed by atoms with E-state index < -0.39 is 0 Å². The minimum Gasteiger partial charge on any atom is -0.357 e. The van der Waals surface area contributed by atoms with Crippen LogP contribution in [0, 0.1) is 6.92 Å². The monoisotopic (exact) mass is 473 g/mol. The van der Waals surface area contributed by atoms with Gasteiger partial charge in [-0.3, -0.25) is 0 Å². The lowest BCUT2D eigenvalue weighted by atomic mass is 10.2. The van der Waals surface area contributed by atoms with Crippen LogP contribution < -0.4 is 10.6 Å². The summed E-state index contributed by atoms with van der Waals surface area (Å²) in [5, 5.41) is 7.72. The van der Waals surface area contributed by atoms with Crippen LogP contribution in [-0.2, 0) is 13.1 Å². The van der Waals surface area contributed by atoms with Crippen LogP contribution in [0.5, 0.6) is 0 Å². The van der Waals surface area contributed by atoms with Crippen molar-refractivity contribution >= 4 is 41.3 Å². The van der Waals surface area contributed by atoms with Crippen LogP contribution >= 0.6 is 35.3 Å². The first-order valence-electron chi connectivity index (χ1n) is 8.33. The minimum absolute atomic E-state index is 0. The molecular weight excluding hydrogens is 445 g/mol. The number of rotatable bonds is 8. The lowest BCUT2D eigenvalue weighted by molar-refractivity contribution is 0.331. The van der Waals surface area contributed by atoms with Gasteiger partial charge in [-0.05, 0) is 26.5 Å². The SMILES string of the molecule is CCNC(=NCc1ncc(C)s1)NCCN(C)Cc1ccccc1.I. The maximum atomic E-state index is 4.60. The molecule has 0 amide bonds. The Hall–Kier alpha value is -1.19. The molecule has 7 heteroatoms. The fourth-order valence-corrected chi connectivity index (χ4v) is 3.01. The molecule has 1 aromatic carbocycles. The van der Waals surface area contributed by atoms with E-state index in [0.717, 1.165) is 37.1 Å². The molecule has 0 unspecified atom stereocenters. The van der Waals surface area contributed by atoms with E-state index in [9.17, 15) is 0 Å². The molecule has 0 atom stereocenters. The summed E-state index contributed by atoms with van der Waals surface area (Å²) in [4.78, 5) is 12.5. The molecule has 0 aliphatic heterocycles. The maximum Gasteiger partial charge on any atom is 0.191 e. The van der Waals surface area contributed by atoms with Gasteiger partial charge in [0.15, 0.2) is 5.96 Å². The lowest BCUT2D eigenvalue weighted by Crippen LogP contribution is -2.40. The summed E-state index contributed by atoms with van der Waals surface area (Å²) in [7, 11) is 2.14. The van der Waals surface area contributed by atoms with Gasteiger partial charge in [-0.25, -0.2) is 9.98 Å². The lowest BCUT2D eigenvalue weighted by Gasteiger charge is -2.18. The molecule has 1 aromatic heterocycles. The van der Waals surface area contributed by atoms with E-state index in [1.165, 1.54) is 10.4 Å². The third kappa shape index (κ3) is 8.64. The molecule has 2 N–H and O–H groups in total. The maximum absolute atomic E-state index is 4.60. The molecule has 0 saturated carbocycles. The van der Waals surface area contributed by atoms with Gasteiger partial charge in [0, 0.05) is 37.3 Å². The van der Waals surface area contributed by atoms with Crippen LogP contribution in [0.25, 0.3) is 0 Å². The molecule has 0 fully saturated rings. The van der Waals surface area contributed by atoms with Gasteiger partial charge in [0.2, 0.25) is 0 Å². The van der Waals surface area contributed by atoms with Gasteiger partial charge in [0.25, 0.3) is 0 Å². The molecule has 0 aliphatic rings. The van der Waals surface area contributed by atoms with Crippen molar-refractivity contribution in [3.8, 4) is 0 Å². The number of aryl methyl sites for hydroxylation is 1. The molecular formula is C18H28IN5S. The van der Waals surface area contributed by atoms with E-state index >= 15 is 0 Å². The number of hydrogen-bond acceptors (Lipinski definition) is 4. The molecule has 0 bridgehead atoms. The topological polar surface area (TPSA) is 52.6 Å². The molecule has 1 heterocycles. The Morgan fingerprint density at radius 3 is 2.64 bits per heavy atom. The Morgan fingerprint density at radius 2 is 2.00 bits per heavy atom. The Morgan fingerprint density at radius 1 is 1.24 bits per heavy atom. The predicted octanol–water partition coefficient (Wildman–Crippen LogP) is 3.26. The molecule has 5 nitrogen and oxygen atoms in total. The quantitative estimate of drug-likeness (QED) is 0.351. The number of nitrogens with one attached hydrogen (secondary N) is 2. The number of nitrogens with zero attached hydrogens (tertiary/aromatic N) is 3. The highest BCUT2D eigenvalue weighted by Gasteiger charge is 2.03. The number of aromatic nitrogens is 1. The van der Waals surface area contributed by atoms with Gasteiger partial charge in [-0.2, -0.15) is 0 Å². The van der Waals surface area contributed by atoms with Crippen LogP contribution in [0.2, 0.25) is 0 Å². The van der Waals surface area contributed by atoms with Crippen molar-refractivity contribution in [2.75, 3.05) is 26.7 Å². The van der Waals surface area contributed by atoms with Crippen molar-refractivity contribution in [2.24, 2.45) is 4.99 Å². The fourth-order valence-electron chi connectivity index (χ4n) is 2.30. The van der Waals surface area contributed by atoms with Gasteiger partial charge < -0.3 is 15.5 Å². The summed E-state index contributed by atoms with van der Waals surface area (Å²) in [6, 6.07) is 10.5. The highest BCUT2D eigenvalue weighted by atomic mass is 127. The molecule has 0 spiro atoms. The third-order valence-electron chi connectivity index (χ3n) is 3.47. The zero-order valence-corrected chi connectivity index (χ0v) is 18.3. The van der Waals surface area contributed by atoms with Crippen molar-refractivity contribution in [3.05, 3.63) is 52.0 Å². The van der Waals surface area contributed by atoms with Gasteiger partial charge in [-0.15, -0.1) is 35.3 Å². The Balaban J connectivity index is 0.00000312. The highest BCUT2D eigenvalue weighted by Crippen LogP contribution is 2.11. The summed E-state index contributed by atoms with van der Waals surface area (Å²) in [6.07, 6.45) is 1.90. The largest absolute Gasteiger partial charge is 0.357 e. The first-order chi connectivity index (χ1) is 11.7. The van der Waals surface area contributed by atoms with Crippen LogP contribution in [0.3, 0.4) is 0 Å². The summed E-state index contributed by atoms with van der Waals surface area (Å²) >= 11 is 1.70. The van der Waals surface area contributed by atoms with E-state index in [2.05, 4.69) is 70.7 Å². The van der Waals surface area contributed by atoms with Crippen molar-refractivity contribution in [2.45, 2.75) is 26.9 Å². The second-order valence-electron chi connectivity index (χ2n) is 5.71. The molecule has 25 heavy (non-hydrogen) atoms. The number of aliphatic imine (C=N–C) groups is 1. The van der Waals surface area contributed by atoms with E-state index in [0.29, 0.717) is 6.54 Å².